The van der Waals surface area contributed by atoms with Gasteiger partial charge in [0, 0.05) is 27.9 Å². The van der Waals surface area contributed by atoms with Crippen molar-refractivity contribution in [2.75, 3.05) is 16.8 Å². The highest BCUT2D eigenvalue weighted by molar-refractivity contribution is 14.1. The van der Waals surface area contributed by atoms with Crippen LogP contribution < -0.4 is 10.2 Å². The first-order valence-corrected chi connectivity index (χ1v) is 8.13. The lowest BCUT2D eigenvalue weighted by molar-refractivity contribution is -0.122. The Hall–Kier alpha value is -1.89. The zero-order valence-corrected chi connectivity index (χ0v) is 14.0. The highest BCUT2D eigenvalue weighted by Crippen LogP contribution is 2.25. The Balaban J connectivity index is 1.67. The first kappa shape index (κ1) is 15.0. The Morgan fingerprint density at radius 3 is 2.45 bits per heavy atom. The van der Waals surface area contributed by atoms with Crippen LogP contribution >= 0.6 is 22.6 Å². The quantitative estimate of drug-likeness (QED) is 0.796. The minimum absolute atomic E-state index is 0.00559. The number of nitrogens with zero attached hydrogens (tertiary/aromatic N) is 1. The Bertz CT molecular complexity index is 686. The van der Waals surface area contributed by atoms with E-state index in [1.165, 1.54) is 0 Å². The molecule has 0 unspecified atom stereocenters. The molecule has 1 atom stereocenters. The zero-order valence-electron chi connectivity index (χ0n) is 11.8. The van der Waals surface area contributed by atoms with Crippen LogP contribution in [0.5, 0.6) is 0 Å². The summed E-state index contributed by atoms with van der Waals surface area (Å²) in [6.07, 6.45) is 0.255. The van der Waals surface area contributed by atoms with Crippen molar-refractivity contribution in [3.8, 4) is 0 Å². The molecule has 0 aliphatic carbocycles. The van der Waals surface area contributed by atoms with Gasteiger partial charge in [-0.3, -0.25) is 9.59 Å². The molecule has 22 heavy (non-hydrogen) atoms. The Morgan fingerprint density at radius 2 is 1.77 bits per heavy atom. The molecule has 0 spiro atoms. The van der Waals surface area contributed by atoms with Gasteiger partial charge in [-0.05, 0) is 59.0 Å². The number of amides is 2. The second-order valence-electron chi connectivity index (χ2n) is 5.24. The van der Waals surface area contributed by atoms with Gasteiger partial charge in [-0.2, -0.15) is 0 Å². The molecule has 1 aliphatic heterocycles. The molecule has 0 radical (unpaired) electrons. The van der Waals surface area contributed by atoms with E-state index in [2.05, 4.69) is 27.9 Å². The fourth-order valence-electron chi connectivity index (χ4n) is 2.52. The summed E-state index contributed by atoms with van der Waals surface area (Å²) in [6, 6.07) is 17.1. The summed E-state index contributed by atoms with van der Waals surface area (Å²) in [5, 5.41) is 2.88. The Labute approximate surface area is 142 Å². The molecule has 1 heterocycles. The highest BCUT2D eigenvalue weighted by Gasteiger charge is 2.35. The number of carbonyl (C=O) groups is 2. The van der Waals surface area contributed by atoms with E-state index in [0.29, 0.717) is 6.54 Å². The monoisotopic (exact) mass is 406 g/mol. The summed E-state index contributed by atoms with van der Waals surface area (Å²) in [5.74, 6) is -0.422. The summed E-state index contributed by atoms with van der Waals surface area (Å²) in [4.78, 5) is 26.1. The molecule has 2 aromatic rings. The molecule has 0 aromatic heterocycles. The molecular formula is C17H15IN2O2. The van der Waals surface area contributed by atoms with E-state index in [0.717, 1.165) is 14.9 Å². The fourth-order valence-corrected chi connectivity index (χ4v) is 2.88. The molecule has 5 heteroatoms. The lowest BCUT2D eigenvalue weighted by atomic mass is 10.1. The van der Waals surface area contributed by atoms with Crippen LogP contribution in [0.4, 0.5) is 11.4 Å². The minimum Gasteiger partial charge on any atom is -0.326 e. The number of para-hydroxylation sites is 1. The number of anilines is 2. The van der Waals surface area contributed by atoms with Crippen LogP contribution in [-0.4, -0.2) is 18.4 Å². The average Bonchev–Trinajstić information content (AvgIpc) is 2.92. The van der Waals surface area contributed by atoms with Crippen molar-refractivity contribution in [1.29, 1.82) is 0 Å². The van der Waals surface area contributed by atoms with E-state index < -0.39 is 0 Å². The third-order valence-corrected chi connectivity index (χ3v) is 4.39. The van der Waals surface area contributed by atoms with Gasteiger partial charge >= 0.3 is 0 Å². The van der Waals surface area contributed by atoms with Crippen LogP contribution in [0.25, 0.3) is 0 Å². The normalized spacial score (nSPS) is 17.6. The highest BCUT2D eigenvalue weighted by atomic mass is 127. The molecule has 2 amide bonds. The SMILES string of the molecule is O=C(Nc1ccc(I)cc1)[C@H]1CC(=O)N(c2ccccc2)C1. The smallest absolute Gasteiger partial charge is 0.229 e. The van der Waals surface area contributed by atoms with Gasteiger partial charge in [0.2, 0.25) is 11.8 Å². The lowest BCUT2D eigenvalue weighted by Gasteiger charge is -2.16. The lowest BCUT2D eigenvalue weighted by Crippen LogP contribution is -2.28. The number of hydrogen-bond donors (Lipinski definition) is 1. The number of halogens is 1. The third-order valence-electron chi connectivity index (χ3n) is 3.68. The molecule has 2 aromatic carbocycles. The van der Waals surface area contributed by atoms with Gasteiger partial charge in [0.1, 0.15) is 0 Å². The maximum absolute atomic E-state index is 12.3. The van der Waals surface area contributed by atoms with Crippen LogP contribution in [0.15, 0.2) is 54.6 Å². The number of hydrogen-bond acceptors (Lipinski definition) is 2. The zero-order chi connectivity index (χ0) is 15.5. The number of nitrogens with one attached hydrogen (secondary N) is 1. The maximum atomic E-state index is 12.3. The van der Waals surface area contributed by atoms with E-state index in [-0.39, 0.29) is 24.2 Å². The third kappa shape index (κ3) is 3.30. The molecule has 0 saturated carbocycles. The Morgan fingerprint density at radius 1 is 1.09 bits per heavy atom. The Kier molecular flexibility index (Phi) is 4.42. The summed E-state index contributed by atoms with van der Waals surface area (Å²) < 4.78 is 1.11. The second kappa shape index (κ2) is 6.48. The molecule has 3 rings (SSSR count). The topological polar surface area (TPSA) is 49.4 Å². The van der Waals surface area contributed by atoms with Crippen molar-refractivity contribution in [2.45, 2.75) is 6.42 Å². The fraction of sp³-hybridized carbons (Fsp3) is 0.176. The minimum atomic E-state index is -0.313. The van der Waals surface area contributed by atoms with Crippen molar-refractivity contribution in [3.05, 3.63) is 58.2 Å². The van der Waals surface area contributed by atoms with Crippen LogP contribution in [0.2, 0.25) is 0 Å². The second-order valence-corrected chi connectivity index (χ2v) is 6.48. The molecule has 1 aliphatic rings. The van der Waals surface area contributed by atoms with Gasteiger partial charge in [-0.15, -0.1) is 0 Å². The molecular weight excluding hydrogens is 391 g/mol. The molecule has 1 saturated heterocycles. The van der Waals surface area contributed by atoms with Gasteiger partial charge < -0.3 is 10.2 Å². The largest absolute Gasteiger partial charge is 0.326 e. The van der Waals surface area contributed by atoms with Crippen molar-refractivity contribution in [1.82, 2.24) is 0 Å². The van der Waals surface area contributed by atoms with Crippen molar-refractivity contribution < 1.29 is 9.59 Å². The molecule has 0 bridgehead atoms. The van der Waals surface area contributed by atoms with Gasteiger partial charge in [-0.1, -0.05) is 18.2 Å². The number of benzene rings is 2. The first-order chi connectivity index (χ1) is 10.6. The van der Waals surface area contributed by atoms with Gasteiger partial charge in [0.15, 0.2) is 0 Å². The van der Waals surface area contributed by atoms with E-state index >= 15 is 0 Å². The van der Waals surface area contributed by atoms with Gasteiger partial charge in [-0.25, -0.2) is 0 Å². The van der Waals surface area contributed by atoms with Gasteiger partial charge in [0.25, 0.3) is 0 Å². The van der Waals surface area contributed by atoms with E-state index in [1.807, 2.05) is 54.6 Å². The van der Waals surface area contributed by atoms with Crippen LogP contribution in [-0.2, 0) is 9.59 Å². The summed E-state index contributed by atoms with van der Waals surface area (Å²) >= 11 is 2.22. The molecule has 1 N–H and O–H groups in total. The van der Waals surface area contributed by atoms with Crippen LogP contribution in [0.3, 0.4) is 0 Å². The van der Waals surface area contributed by atoms with E-state index in [4.69, 9.17) is 0 Å². The first-order valence-electron chi connectivity index (χ1n) is 7.05. The van der Waals surface area contributed by atoms with Crippen molar-refractivity contribution in [3.63, 3.8) is 0 Å². The maximum Gasteiger partial charge on any atom is 0.229 e. The van der Waals surface area contributed by atoms with Crippen LogP contribution in [0, 0.1) is 9.49 Å². The van der Waals surface area contributed by atoms with Gasteiger partial charge in [0.05, 0.1) is 5.92 Å². The number of rotatable bonds is 3. The predicted octanol–water partition coefficient (Wildman–Crippen LogP) is 3.28. The summed E-state index contributed by atoms with van der Waals surface area (Å²) in [5.41, 5.74) is 1.60. The van der Waals surface area contributed by atoms with Crippen molar-refractivity contribution in [2.24, 2.45) is 5.92 Å². The van der Waals surface area contributed by atoms with Crippen LogP contribution in [0.1, 0.15) is 6.42 Å². The average molecular weight is 406 g/mol. The molecule has 4 nitrogen and oxygen atoms in total. The summed E-state index contributed by atoms with van der Waals surface area (Å²) in [6.45, 7) is 0.430. The van der Waals surface area contributed by atoms with E-state index in [9.17, 15) is 9.59 Å². The summed E-state index contributed by atoms with van der Waals surface area (Å²) in [7, 11) is 0. The van der Waals surface area contributed by atoms with Crippen molar-refractivity contribution >= 4 is 45.8 Å². The predicted molar refractivity (Wildman–Crippen MR) is 94.7 cm³/mol. The van der Waals surface area contributed by atoms with E-state index in [1.54, 1.807) is 4.90 Å². The standard InChI is InChI=1S/C17H15IN2O2/c18-13-6-8-14(9-7-13)19-17(22)12-10-16(21)20(11-12)15-4-2-1-3-5-15/h1-9,12H,10-11H2,(H,19,22)/t12-/m0/s1. The molecule has 1 fully saturated rings. The molecule has 112 valence electrons. The number of carbonyl (C=O) groups excluding carboxylic acids is 2.